The lowest BCUT2D eigenvalue weighted by atomic mass is 10.5. The molecular formula is C10H13ClN6S. The van der Waals surface area contributed by atoms with E-state index in [1.165, 1.54) is 0 Å². The number of rotatable bonds is 4. The first kappa shape index (κ1) is 13.0. The minimum absolute atomic E-state index is 0.172. The summed E-state index contributed by atoms with van der Waals surface area (Å²) < 4.78 is 0. The van der Waals surface area contributed by atoms with E-state index in [0.717, 1.165) is 10.7 Å². The van der Waals surface area contributed by atoms with E-state index in [0.29, 0.717) is 18.4 Å². The highest BCUT2D eigenvalue weighted by Crippen LogP contribution is 2.13. The summed E-state index contributed by atoms with van der Waals surface area (Å²) in [5, 5.41) is 6.29. The predicted octanol–water partition coefficient (Wildman–Crippen LogP) is 1.97. The second kappa shape index (κ2) is 5.45. The minimum Gasteiger partial charge on any atom is -0.348 e. The second-order valence-electron chi connectivity index (χ2n) is 3.83. The van der Waals surface area contributed by atoms with Gasteiger partial charge in [-0.05, 0) is 18.5 Å². The first-order valence-electron chi connectivity index (χ1n) is 5.28. The Balaban J connectivity index is 2.09. The van der Waals surface area contributed by atoms with Gasteiger partial charge in [-0.25, -0.2) is 4.98 Å². The van der Waals surface area contributed by atoms with Gasteiger partial charge in [-0.2, -0.15) is 15.0 Å². The van der Waals surface area contributed by atoms with Crippen molar-refractivity contribution >= 4 is 34.8 Å². The minimum atomic E-state index is 0.172. The zero-order valence-corrected chi connectivity index (χ0v) is 11.9. The molecule has 0 amide bonds. The van der Waals surface area contributed by atoms with Crippen LogP contribution in [0.2, 0.25) is 5.28 Å². The van der Waals surface area contributed by atoms with Gasteiger partial charge in [0.2, 0.25) is 17.2 Å². The first-order valence-corrected chi connectivity index (χ1v) is 6.54. The van der Waals surface area contributed by atoms with Crippen LogP contribution in [0.5, 0.6) is 0 Å². The van der Waals surface area contributed by atoms with E-state index in [2.05, 4.69) is 25.3 Å². The van der Waals surface area contributed by atoms with E-state index in [-0.39, 0.29) is 5.28 Å². The zero-order valence-electron chi connectivity index (χ0n) is 10.3. The van der Waals surface area contributed by atoms with Crippen molar-refractivity contribution in [1.29, 1.82) is 0 Å². The van der Waals surface area contributed by atoms with Gasteiger partial charge in [-0.1, -0.05) is 0 Å². The molecule has 2 aromatic rings. The van der Waals surface area contributed by atoms with E-state index in [4.69, 9.17) is 11.6 Å². The lowest BCUT2D eigenvalue weighted by Crippen LogP contribution is -2.15. The lowest BCUT2D eigenvalue weighted by Gasteiger charge is -2.11. The van der Waals surface area contributed by atoms with Gasteiger partial charge < -0.3 is 10.2 Å². The Kier molecular flexibility index (Phi) is 3.93. The fourth-order valence-electron chi connectivity index (χ4n) is 1.28. The van der Waals surface area contributed by atoms with E-state index in [1.807, 2.05) is 26.4 Å². The van der Waals surface area contributed by atoms with E-state index in [9.17, 15) is 0 Å². The number of aryl methyl sites for hydroxylation is 1. The van der Waals surface area contributed by atoms with Gasteiger partial charge in [-0.3, -0.25) is 0 Å². The Hall–Kier alpha value is -1.47. The van der Waals surface area contributed by atoms with Crippen molar-refractivity contribution in [2.75, 3.05) is 24.3 Å². The molecule has 0 spiro atoms. The monoisotopic (exact) mass is 284 g/mol. The number of anilines is 2. The second-order valence-corrected chi connectivity index (χ2v) is 5.23. The molecule has 0 saturated carbocycles. The van der Waals surface area contributed by atoms with Crippen molar-refractivity contribution in [3.63, 3.8) is 0 Å². The molecule has 0 fully saturated rings. The summed E-state index contributed by atoms with van der Waals surface area (Å²) in [5.74, 6) is 0.969. The van der Waals surface area contributed by atoms with Crippen molar-refractivity contribution in [3.05, 3.63) is 21.4 Å². The molecule has 0 aliphatic rings. The SMILES string of the molecule is Cc1nc(CNc2nc(Cl)nc(N(C)C)n2)cs1. The zero-order chi connectivity index (χ0) is 13.1. The summed E-state index contributed by atoms with van der Waals surface area (Å²) in [4.78, 5) is 18.4. The highest BCUT2D eigenvalue weighted by Gasteiger charge is 2.07. The van der Waals surface area contributed by atoms with Crippen LogP contribution in [0.4, 0.5) is 11.9 Å². The van der Waals surface area contributed by atoms with Crippen molar-refractivity contribution in [3.8, 4) is 0 Å². The summed E-state index contributed by atoms with van der Waals surface area (Å²) in [5.41, 5.74) is 0.959. The summed E-state index contributed by atoms with van der Waals surface area (Å²) in [6, 6.07) is 0. The molecule has 0 saturated heterocycles. The smallest absolute Gasteiger partial charge is 0.230 e. The Morgan fingerprint density at radius 1 is 1.28 bits per heavy atom. The van der Waals surface area contributed by atoms with Crippen molar-refractivity contribution < 1.29 is 0 Å². The summed E-state index contributed by atoms with van der Waals surface area (Å²) in [6.45, 7) is 2.54. The molecule has 0 unspecified atom stereocenters. The maximum Gasteiger partial charge on any atom is 0.230 e. The van der Waals surface area contributed by atoms with Crippen LogP contribution in [0.1, 0.15) is 10.7 Å². The maximum absolute atomic E-state index is 5.84. The fraction of sp³-hybridized carbons (Fsp3) is 0.400. The molecule has 0 atom stereocenters. The summed E-state index contributed by atoms with van der Waals surface area (Å²) >= 11 is 7.45. The summed E-state index contributed by atoms with van der Waals surface area (Å²) in [7, 11) is 3.69. The third kappa shape index (κ3) is 3.27. The van der Waals surface area contributed by atoms with Crippen LogP contribution in [0, 0.1) is 6.92 Å². The number of aromatic nitrogens is 4. The Labute approximate surface area is 114 Å². The topological polar surface area (TPSA) is 66.8 Å². The van der Waals surface area contributed by atoms with Gasteiger partial charge in [0.1, 0.15) is 0 Å². The third-order valence-electron chi connectivity index (χ3n) is 2.09. The number of hydrogen-bond donors (Lipinski definition) is 1. The largest absolute Gasteiger partial charge is 0.348 e. The molecule has 0 aliphatic carbocycles. The predicted molar refractivity (Wildman–Crippen MR) is 73.3 cm³/mol. The van der Waals surface area contributed by atoms with Crippen molar-refractivity contribution in [1.82, 2.24) is 19.9 Å². The van der Waals surface area contributed by atoms with Gasteiger partial charge in [-0.15, -0.1) is 11.3 Å². The number of thiazole rings is 1. The Morgan fingerprint density at radius 3 is 2.67 bits per heavy atom. The van der Waals surface area contributed by atoms with E-state index >= 15 is 0 Å². The average Bonchev–Trinajstić information content (AvgIpc) is 2.72. The summed E-state index contributed by atoms with van der Waals surface area (Å²) in [6.07, 6.45) is 0. The van der Waals surface area contributed by atoms with Crippen LogP contribution in [0.15, 0.2) is 5.38 Å². The number of nitrogens with zero attached hydrogens (tertiary/aromatic N) is 5. The van der Waals surface area contributed by atoms with Gasteiger partial charge in [0.15, 0.2) is 0 Å². The lowest BCUT2D eigenvalue weighted by molar-refractivity contribution is 0.934. The molecule has 1 N–H and O–H groups in total. The molecule has 2 heterocycles. The van der Waals surface area contributed by atoms with Crippen molar-refractivity contribution in [2.24, 2.45) is 0 Å². The molecule has 0 bridgehead atoms. The molecule has 0 aliphatic heterocycles. The maximum atomic E-state index is 5.84. The fourth-order valence-corrected chi connectivity index (χ4v) is 2.05. The molecule has 2 aromatic heterocycles. The molecular weight excluding hydrogens is 272 g/mol. The van der Waals surface area contributed by atoms with Crippen LogP contribution in [-0.4, -0.2) is 34.0 Å². The number of halogens is 1. The van der Waals surface area contributed by atoms with E-state index in [1.54, 1.807) is 16.2 Å². The molecule has 18 heavy (non-hydrogen) atoms. The number of nitrogens with one attached hydrogen (secondary N) is 1. The quantitative estimate of drug-likeness (QED) is 0.926. The van der Waals surface area contributed by atoms with Gasteiger partial charge in [0.25, 0.3) is 0 Å². The number of hydrogen-bond acceptors (Lipinski definition) is 7. The van der Waals surface area contributed by atoms with Gasteiger partial charge >= 0.3 is 0 Å². The highest BCUT2D eigenvalue weighted by molar-refractivity contribution is 7.09. The molecule has 6 nitrogen and oxygen atoms in total. The normalized spacial score (nSPS) is 10.4. The van der Waals surface area contributed by atoms with Crippen LogP contribution in [-0.2, 0) is 6.54 Å². The van der Waals surface area contributed by atoms with Gasteiger partial charge in [0, 0.05) is 19.5 Å². The first-order chi connectivity index (χ1) is 8.54. The van der Waals surface area contributed by atoms with Gasteiger partial charge in [0.05, 0.1) is 17.2 Å². The van der Waals surface area contributed by atoms with Crippen molar-refractivity contribution in [2.45, 2.75) is 13.5 Å². The molecule has 0 aromatic carbocycles. The Morgan fingerprint density at radius 2 is 2.06 bits per heavy atom. The Bertz CT molecular complexity index is 541. The molecule has 96 valence electrons. The molecule has 2 rings (SSSR count). The average molecular weight is 285 g/mol. The van der Waals surface area contributed by atoms with Crippen LogP contribution in [0.25, 0.3) is 0 Å². The third-order valence-corrected chi connectivity index (χ3v) is 3.08. The molecule has 8 heteroatoms. The standard InChI is InChI=1S/C10H13ClN6S/c1-6-13-7(5-18-6)4-12-9-14-8(11)15-10(16-9)17(2)3/h5H,4H2,1-3H3,(H,12,14,15,16). The molecule has 0 radical (unpaired) electrons. The van der Waals surface area contributed by atoms with E-state index < -0.39 is 0 Å². The van der Waals surface area contributed by atoms with Crippen LogP contribution in [0.3, 0.4) is 0 Å². The van der Waals surface area contributed by atoms with Crippen LogP contribution < -0.4 is 10.2 Å². The van der Waals surface area contributed by atoms with Crippen LogP contribution >= 0.6 is 22.9 Å². The highest BCUT2D eigenvalue weighted by atomic mass is 35.5.